The molecule has 3 aromatic heterocycles. The van der Waals surface area contributed by atoms with Crippen LogP contribution in [0.1, 0.15) is 16.7 Å². The molecule has 0 unspecified atom stereocenters. The van der Waals surface area contributed by atoms with E-state index in [1.165, 1.54) is 16.7 Å². The molecule has 0 fully saturated rings. The second-order valence-electron chi connectivity index (χ2n) is 14.9. The summed E-state index contributed by atoms with van der Waals surface area (Å²) in [5, 5.41) is 3.92. The molecule has 0 spiro atoms. The Morgan fingerprint density at radius 2 is 1.32 bits per heavy atom. The van der Waals surface area contributed by atoms with Crippen LogP contribution in [-0.2, 0) is 20.1 Å². The van der Waals surface area contributed by atoms with Gasteiger partial charge in [0, 0.05) is 56.0 Å². The second-order valence-corrected chi connectivity index (χ2v) is 51.1. The van der Waals surface area contributed by atoms with Gasteiger partial charge >= 0.3 is 0 Å². The van der Waals surface area contributed by atoms with Crippen molar-refractivity contribution in [2.45, 2.75) is 73.1 Å². The van der Waals surface area contributed by atoms with E-state index in [9.17, 15) is 0 Å². The molecule has 0 aliphatic heterocycles. The summed E-state index contributed by atoms with van der Waals surface area (Å²) in [4.78, 5) is 9.38. The Morgan fingerprint density at radius 1 is 0.660 bits per heavy atom. The van der Waals surface area contributed by atoms with Crippen LogP contribution in [0.2, 0.25) is 52.4 Å². The van der Waals surface area contributed by atoms with Gasteiger partial charge in [-0.3, -0.25) is 0 Å². The molecule has 47 heavy (non-hydrogen) atoms. The van der Waals surface area contributed by atoms with Crippen molar-refractivity contribution in [1.29, 1.82) is 0 Å². The third kappa shape index (κ3) is 7.33. The van der Waals surface area contributed by atoms with E-state index in [0.29, 0.717) is 0 Å². The molecule has 0 aliphatic carbocycles. The van der Waals surface area contributed by atoms with E-state index in [1.54, 1.807) is 5.19 Å². The minimum atomic E-state index is -1.60. The van der Waals surface area contributed by atoms with Gasteiger partial charge in [0.25, 0.3) is 0 Å². The summed E-state index contributed by atoms with van der Waals surface area (Å²) in [5.74, 6) is 0. The molecule has 246 valence electrons. The summed E-state index contributed by atoms with van der Waals surface area (Å²) >= 11 is 0. The fourth-order valence-electron chi connectivity index (χ4n) is 7.95. The first kappa shape index (κ1) is 37.1. The van der Waals surface area contributed by atoms with Crippen molar-refractivity contribution >= 4 is 57.2 Å². The van der Waals surface area contributed by atoms with Gasteiger partial charge in [-0.25, -0.2) is 0 Å². The number of furan rings is 1. The quantitative estimate of drug-likeness (QED) is 0.124. The SMILES string of the molecule is Cc1c[c-]c(-c2cc(C)ccn2)cc1.Cc1cc(-c2[c-]cc3c(c2)oc2ccccc23)ncc1[Si]([Si](C)C)([Si](C)(C)C)[Si](C)(C)C.[Ir]. The summed E-state index contributed by atoms with van der Waals surface area (Å²) in [6.45, 7) is 25.8. The molecule has 0 saturated carbocycles. The van der Waals surface area contributed by atoms with Crippen molar-refractivity contribution in [2.75, 3.05) is 0 Å². The molecule has 6 aromatic rings. The van der Waals surface area contributed by atoms with E-state index < -0.39 is 30.1 Å². The number of benzene rings is 3. The normalized spacial score (nSPS) is 12.2. The zero-order chi connectivity index (χ0) is 33.4. The predicted molar refractivity (Wildman–Crippen MR) is 208 cm³/mol. The maximum Gasteiger partial charge on any atom is 0.123 e. The Kier molecular flexibility index (Phi) is 11.4. The van der Waals surface area contributed by atoms with Crippen LogP contribution >= 0.6 is 0 Å². The number of aryl methyl sites for hydroxylation is 3. The maximum atomic E-state index is 6.12. The number of aromatic nitrogens is 2. The van der Waals surface area contributed by atoms with Crippen molar-refractivity contribution in [3.05, 3.63) is 114 Å². The van der Waals surface area contributed by atoms with E-state index in [2.05, 4.69) is 145 Å². The minimum absolute atomic E-state index is 0. The number of nitrogens with zero attached hydrogens (tertiary/aromatic N) is 2. The number of rotatable bonds is 6. The number of hydrogen-bond donors (Lipinski definition) is 0. The van der Waals surface area contributed by atoms with Crippen LogP contribution in [0.15, 0.2) is 89.6 Å². The minimum Gasteiger partial charge on any atom is -0.476 e. The Bertz CT molecular complexity index is 1980. The van der Waals surface area contributed by atoms with Crippen LogP contribution in [0.4, 0.5) is 0 Å². The van der Waals surface area contributed by atoms with Gasteiger partial charge in [-0.1, -0.05) is 112 Å². The van der Waals surface area contributed by atoms with Gasteiger partial charge in [0.15, 0.2) is 0 Å². The summed E-state index contributed by atoms with van der Waals surface area (Å²) in [6.07, 6.45) is 4.11. The Hall–Kier alpha value is -2.72. The summed E-state index contributed by atoms with van der Waals surface area (Å²) in [7, 11) is -3.19. The molecule has 0 saturated heterocycles. The maximum absolute atomic E-state index is 6.12. The average Bonchev–Trinajstić information content (AvgIpc) is 3.35. The van der Waals surface area contributed by atoms with Gasteiger partial charge < -0.3 is 14.4 Å². The summed E-state index contributed by atoms with van der Waals surface area (Å²) in [6, 6.07) is 31.6. The smallest absolute Gasteiger partial charge is 0.123 e. The summed E-state index contributed by atoms with van der Waals surface area (Å²) < 4.78 is 6.12. The molecule has 6 rings (SSSR count). The molecule has 3 heterocycles. The van der Waals surface area contributed by atoms with Crippen LogP contribution in [0.25, 0.3) is 44.5 Å². The van der Waals surface area contributed by atoms with Gasteiger partial charge in [-0.2, -0.15) is 0 Å². The molecular formula is C39H47IrN2OSi4-2. The molecule has 0 atom stereocenters. The van der Waals surface area contributed by atoms with Gasteiger partial charge in [-0.15, -0.1) is 53.1 Å². The van der Waals surface area contributed by atoms with Crippen LogP contribution in [0, 0.1) is 32.9 Å². The average molecular weight is 864 g/mol. The Morgan fingerprint density at radius 3 is 1.91 bits per heavy atom. The topological polar surface area (TPSA) is 38.9 Å². The fourth-order valence-corrected chi connectivity index (χ4v) is 88.1. The van der Waals surface area contributed by atoms with Gasteiger partial charge in [0.1, 0.15) is 5.58 Å². The van der Waals surface area contributed by atoms with Gasteiger partial charge in [0.2, 0.25) is 0 Å². The molecule has 3 nitrogen and oxygen atoms in total. The zero-order valence-electron chi connectivity index (χ0n) is 29.7. The van der Waals surface area contributed by atoms with Crippen molar-refractivity contribution in [3.8, 4) is 22.5 Å². The first-order chi connectivity index (χ1) is 21.6. The van der Waals surface area contributed by atoms with Crippen LogP contribution < -0.4 is 5.19 Å². The second kappa shape index (κ2) is 14.4. The van der Waals surface area contributed by atoms with Crippen LogP contribution in [-0.4, -0.2) is 40.1 Å². The van der Waals surface area contributed by atoms with E-state index >= 15 is 0 Å². The third-order valence-corrected chi connectivity index (χ3v) is 73.0. The largest absolute Gasteiger partial charge is 0.476 e. The first-order valence-electron chi connectivity index (χ1n) is 16.2. The van der Waals surface area contributed by atoms with E-state index in [-0.39, 0.29) is 20.1 Å². The predicted octanol–water partition coefficient (Wildman–Crippen LogP) is 10.2. The van der Waals surface area contributed by atoms with E-state index in [0.717, 1.165) is 44.5 Å². The molecule has 0 amide bonds. The summed E-state index contributed by atoms with van der Waals surface area (Å²) in [5.41, 5.74) is 9.78. The molecule has 8 heteroatoms. The monoisotopic (exact) mass is 864 g/mol. The van der Waals surface area contributed by atoms with E-state index in [4.69, 9.17) is 9.40 Å². The van der Waals surface area contributed by atoms with Crippen LogP contribution in [0.3, 0.4) is 0 Å². The van der Waals surface area contributed by atoms with Crippen molar-refractivity contribution in [1.82, 2.24) is 9.97 Å². The molecular weight excluding hydrogens is 817 g/mol. The molecule has 0 aliphatic rings. The Balaban J connectivity index is 0.000000279. The number of para-hydroxylation sites is 1. The number of fused-ring (bicyclic) bond motifs is 3. The van der Waals surface area contributed by atoms with Crippen molar-refractivity contribution in [3.63, 3.8) is 0 Å². The van der Waals surface area contributed by atoms with Gasteiger partial charge in [-0.05, 0) is 47.9 Å². The third-order valence-electron chi connectivity index (χ3n) is 9.26. The molecule has 0 bridgehead atoms. The van der Waals surface area contributed by atoms with Crippen molar-refractivity contribution in [2.24, 2.45) is 0 Å². The fraction of sp³-hybridized carbons (Fsp3) is 0.282. The van der Waals surface area contributed by atoms with Crippen LogP contribution in [0.5, 0.6) is 0 Å². The molecule has 3 aromatic carbocycles. The van der Waals surface area contributed by atoms with Crippen molar-refractivity contribution < 1.29 is 24.5 Å². The van der Waals surface area contributed by atoms with E-state index in [1.807, 2.05) is 30.5 Å². The standard InChI is InChI=1S/C26H35NOSi4.C13H12N.Ir/c1-19-16-23(20-14-15-22-21-12-10-11-13-24(21)28-25(22)17-20)27-18-26(19)32(29(2)3,30(4,5)6)31(7,8)9;1-10-3-5-12(6-4-10)13-9-11(2)7-8-14-13;/h10-13,15-18H,1-9H3;3-5,7-9H,1-2H3;/q2*-1;. The van der Waals surface area contributed by atoms with Gasteiger partial charge in [0.05, 0.1) is 12.2 Å². The molecule has 2 radical (unpaired) electrons. The molecule has 0 N–H and O–H groups in total. The zero-order valence-corrected chi connectivity index (χ0v) is 36.1. The Labute approximate surface area is 299 Å². The number of pyridine rings is 2. The number of hydrogen-bond acceptors (Lipinski definition) is 3. The first-order valence-corrected chi connectivity index (χ1v) is 30.7.